The van der Waals surface area contributed by atoms with Crippen LogP contribution in [0.2, 0.25) is 0 Å². The van der Waals surface area contributed by atoms with Crippen molar-refractivity contribution in [3.63, 3.8) is 0 Å². The Kier molecular flexibility index (Phi) is 14.6. The maximum absolute atomic E-state index is 13.6. The summed E-state index contributed by atoms with van der Waals surface area (Å²) in [6, 6.07) is 13.8. The Hall–Kier alpha value is -5.43. The second kappa shape index (κ2) is 19.1. The van der Waals surface area contributed by atoms with Crippen molar-refractivity contribution in [2.24, 2.45) is 0 Å². The van der Waals surface area contributed by atoms with Crippen molar-refractivity contribution in [2.45, 2.75) is 96.0 Å². The third kappa shape index (κ3) is 11.3. The fraction of sp³-hybridized carbons (Fsp3) is 0.472. The van der Waals surface area contributed by atoms with E-state index in [0.717, 1.165) is 34.6 Å². The van der Waals surface area contributed by atoms with Gasteiger partial charge >= 0.3 is 35.8 Å². The molecule has 292 valence electrons. The van der Waals surface area contributed by atoms with Gasteiger partial charge in [-0.1, -0.05) is 36.4 Å². The molecule has 0 saturated carbocycles. The highest BCUT2D eigenvalue weighted by molar-refractivity contribution is 5.90. The van der Waals surface area contributed by atoms with Crippen LogP contribution in [-0.4, -0.2) is 121 Å². The molecule has 2 aliphatic rings. The molecule has 2 aromatic rings. The number of nitrogens with one attached hydrogen (secondary N) is 1. The highest BCUT2D eigenvalue weighted by atomic mass is 16.7. The van der Waals surface area contributed by atoms with Gasteiger partial charge in [0.2, 0.25) is 5.91 Å². The van der Waals surface area contributed by atoms with Crippen molar-refractivity contribution < 1.29 is 81.3 Å². The van der Waals surface area contributed by atoms with Gasteiger partial charge in [-0.2, -0.15) is 0 Å². The number of carbonyl (C=O) groups excluding carboxylic acids is 7. The normalized spacial score (nSPS) is 27.7. The topological polar surface area (TPSA) is 235 Å². The molecule has 0 spiro atoms. The molecule has 0 aliphatic carbocycles. The monoisotopic (exact) mass is 759 g/mol. The molecule has 0 bridgehead atoms. The Morgan fingerprint density at radius 3 is 1.50 bits per heavy atom. The highest BCUT2D eigenvalue weighted by Gasteiger charge is 2.56. The van der Waals surface area contributed by atoms with Gasteiger partial charge in [0, 0.05) is 34.6 Å². The number of aliphatic hydroxyl groups excluding tert-OH is 1. The smallest absolute Gasteiger partial charge is 0.338 e. The van der Waals surface area contributed by atoms with Gasteiger partial charge in [0.25, 0.3) is 0 Å². The molecule has 2 saturated heterocycles. The van der Waals surface area contributed by atoms with Gasteiger partial charge in [0.05, 0.1) is 11.1 Å². The van der Waals surface area contributed by atoms with Crippen LogP contribution in [0.4, 0.5) is 0 Å². The van der Waals surface area contributed by atoms with Gasteiger partial charge in [-0.25, -0.2) is 9.59 Å². The first kappa shape index (κ1) is 41.3. The molecule has 2 fully saturated rings. The van der Waals surface area contributed by atoms with E-state index in [4.69, 9.17) is 42.6 Å². The Labute approximate surface area is 309 Å². The number of amides is 1. The summed E-state index contributed by atoms with van der Waals surface area (Å²) < 4.78 is 51.2. The number of hydrogen-bond acceptors (Lipinski definition) is 17. The SMILES string of the molecule is CC(=O)N[C@H]1[C@H](O[C@H]2[C@H](OC(=O)c3ccccc3)[C@@H](OC(=O)c3ccccc3)[C@@H](O)O[C@@H]2COC(C)=O)O[C@H](COC(C)=O)[C@H](OC(C)=O)[C@@H]1OC(C)=O. The highest BCUT2D eigenvalue weighted by Crippen LogP contribution is 2.34. The van der Waals surface area contributed by atoms with E-state index in [9.17, 15) is 38.7 Å². The summed E-state index contributed by atoms with van der Waals surface area (Å²) in [5, 5.41) is 13.8. The van der Waals surface area contributed by atoms with E-state index in [1.54, 1.807) is 36.4 Å². The predicted octanol–water partition coefficient (Wildman–Crippen LogP) is 0.759. The lowest BCUT2D eigenvalue weighted by atomic mass is 9.94. The molecule has 4 rings (SSSR count). The van der Waals surface area contributed by atoms with Crippen LogP contribution in [-0.2, 0) is 66.6 Å². The molecule has 2 aromatic carbocycles. The lowest BCUT2D eigenvalue weighted by Gasteiger charge is -2.48. The molecule has 10 atom stereocenters. The molecule has 2 heterocycles. The Morgan fingerprint density at radius 2 is 1.04 bits per heavy atom. The molecule has 54 heavy (non-hydrogen) atoms. The molecule has 2 aliphatic heterocycles. The molecular weight excluding hydrogens is 718 g/mol. The lowest BCUT2D eigenvalue weighted by molar-refractivity contribution is -0.340. The summed E-state index contributed by atoms with van der Waals surface area (Å²) >= 11 is 0. The van der Waals surface area contributed by atoms with Gasteiger partial charge in [0.15, 0.2) is 37.0 Å². The maximum Gasteiger partial charge on any atom is 0.338 e. The van der Waals surface area contributed by atoms with E-state index in [-0.39, 0.29) is 11.1 Å². The third-order valence-electron chi connectivity index (χ3n) is 7.93. The summed E-state index contributed by atoms with van der Waals surface area (Å²) in [5.41, 5.74) is 0.111. The quantitative estimate of drug-likeness (QED) is 0.212. The largest absolute Gasteiger partial charge is 0.463 e. The summed E-state index contributed by atoms with van der Waals surface area (Å²) in [6.45, 7) is 4.26. The molecule has 18 nitrogen and oxygen atoms in total. The fourth-order valence-corrected chi connectivity index (χ4v) is 5.75. The first-order chi connectivity index (χ1) is 25.6. The number of hydrogen-bond donors (Lipinski definition) is 2. The van der Waals surface area contributed by atoms with E-state index >= 15 is 0 Å². The van der Waals surface area contributed by atoms with E-state index in [1.165, 1.54) is 24.3 Å². The molecule has 1 amide bonds. The minimum absolute atomic E-state index is 0.0486. The fourth-order valence-electron chi connectivity index (χ4n) is 5.75. The van der Waals surface area contributed by atoms with Crippen LogP contribution >= 0.6 is 0 Å². The average Bonchev–Trinajstić information content (AvgIpc) is 3.11. The van der Waals surface area contributed by atoms with E-state index in [1.807, 2.05) is 0 Å². The summed E-state index contributed by atoms with van der Waals surface area (Å²) in [7, 11) is 0. The van der Waals surface area contributed by atoms with Gasteiger partial charge in [-0.15, -0.1) is 0 Å². The molecule has 2 N–H and O–H groups in total. The number of carbonyl (C=O) groups is 7. The van der Waals surface area contributed by atoms with Crippen LogP contribution in [0.1, 0.15) is 55.3 Å². The number of esters is 6. The molecular formula is C36H41NO17. The minimum atomic E-state index is -2.00. The van der Waals surface area contributed by atoms with E-state index in [0.29, 0.717) is 0 Å². The van der Waals surface area contributed by atoms with Gasteiger partial charge in [-0.05, 0) is 24.3 Å². The van der Waals surface area contributed by atoms with Crippen LogP contribution in [0.25, 0.3) is 0 Å². The minimum Gasteiger partial charge on any atom is -0.463 e. The van der Waals surface area contributed by atoms with Crippen LogP contribution in [0.3, 0.4) is 0 Å². The molecule has 0 aromatic heterocycles. The zero-order valence-corrected chi connectivity index (χ0v) is 29.9. The van der Waals surface area contributed by atoms with Crippen LogP contribution < -0.4 is 5.32 Å². The van der Waals surface area contributed by atoms with Crippen molar-refractivity contribution in [3.8, 4) is 0 Å². The van der Waals surface area contributed by atoms with Gasteiger partial charge in [-0.3, -0.25) is 24.0 Å². The van der Waals surface area contributed by atoms with Crippen molar-refractivity contribution >= 4 is 41.7 Å². The summed E-state index contributed by atoms with van der Waals surface area (Å²) in [5.74, 6) is -5.85. The zero-order chi connectivity index (χ0) is 39.5. The Morgan fingerprint density at radius 1 is 0.574 bits per heavy atom. The van der Waals surface area contributed by atoms with Crippen LogP contribution in [0.15, 0.2) is 60.7 Å². The van der Waals surface area contributed by atoms with Crippen molar-refractivity contribution in [1.29, 1.82) is 0 Å². The van der Waals surface area contributed by atoms with Gasteiger partial charge < -0.3 is 53.1 Å². The first-order valence-corrected chi connectivity index (χ1v) is 16.7. The van der Waals surface area contributed by atoms with Crippen LogP contribution in [0.5, 0.6) is 0 Å². The predicted molar refractivity (Wildman–Crippen MR) is 178 cm³/mol. The first-order valence-electron chi connectivity index (χ1n) is 16.7. The third-order valence-corrected chi connectivity index (χ3v) is 7.93. The average molecular weight is 760 g/mol. The number of ether oxygens (including phenoxy) is 9. The Bertz CT molecular complexity index is 1650. The summed E-state index contributed by atoms with van der Waals surface area (Å²) in [4.78, 5) is 87.9. The van der Waals surface area contributed by atoms with Crippen molar-refractivity contribution in [2.75, 3.05) is 13.2 Å². The molecule has 0 unspecified atom stereocenters. The second-order valence-electron chi connectivity index (χ2n) is 12.2. The van der Waals surface area contributed by atoms with Crippen molar-refractivity contribution in [1.82, 2.24) is 5.32 Å². The lowest BCUT2D eigenvalue weighted by Crippen LogP contribution is -2.69. The Balaban J connectivity index is 1.84. The molecule has 0 radical (unpaired) electrons. The van der Waals surface area contributed by atoms with E-state index in [2.05, 4.69) is 5.32 Å². The zero-order valence-electron chi connectivity index (χ0n) is 29.9. The van der Waals surface area contributed by atoms with Crippen molar-refractivity contribution in [3.05, 3.63) is 71.8 Å². The van der Waals surface area contributed by atoms with Gasteiger partial charge in [0.1, 0.15) is 37.6 Å². The van der Waals surface area contributed by atoms with Crippen LogP contribution in [0, 0.1) is 0 Å². The molecule has 18 heteroatoms. The number of benzene rings is 2. The second-order valence-corrected chi connectivity index (χ2v) is 12.2. The van der Waals surface area contributed by atoms with E-state index < -0.39 is 116 Å². The maximum atomic E-state index is 13.6. The number of rotatable bonds is 13. The number of aliphatic hydroxyl groups is 1. The standard InChI is InChI=1S/C36H41NO17/c1-18(38)37-27-30(49-22(5)42)28(48-21(4)41)26(17-47-20(3)40)51-36(27)54-29-25(16-46-19(2)39)50-35(45)32(53-34(44)24-14-10-7-11-15-24)31(29)52-33(43)23-12-8-6-9-13-23/h6-15,25-32,35-36,45H,16-17H2,1-5H3,(H,37,38)/t25-,26-,27-,28+,29-,30-,31+,32-,35+,36+/m1/s1. The summed E-state index contributed by atoms with van der Waals surface area (Å²) in [6.07, 6.45) is -14.9.